The van der Waals surface area contributed by atoms with E-state index in [2.05, 4.69) is 29.3 Å². The van der Waals surface area contributed by atoms with Gasteiger partial charge in [-0.25, -0.2) is 0 Å². The van der Waals surface area contributed by atoms with Crippen molar-refractivity contribution >= 4 is 17.5 Å². The number of nitrogens with zero attached hydrogens (tertiary/aromatic N) is 4. The van der Waals surface area contributed by atoms with Crippen LogP contribution in [0, 0.1) is 0 Å². The Morgan fingerprint density at radius 2 is 1.76 bits per heavy atom. The molecule has 3 aromatic rings. The monoisotopic (exact) mass is 350 g/mol. The van der Waals surface area contributed by atoms with E-state index in [4.69, 9.17) is 9.84 Å². The van der Waals surface area contributed by atoms with Crippen molar-refractivity contribution in [3.05, 3.63) is 60.2 Å². The van der Waals surface area contributed by atoms with Crippen LogP contribution in [-0.4, -0.2) is 32.4 Å². The zero-order valence-corrected chi connectivity index (χ0v) is 14.9. The van der Waals surface area contributed by atoms with E-state index in [1.807, 2.05) is 54.1 Å². The minimum Gasteiger partial charge on any atom is -0.494 e. The summed E-state index contributed by atoms with van der Waals surface area (Å²) in [6, 6.07) is 18.1. The Balaban J connectivity index is 1.74. The molecule has 2 aromatic carbocycles. The van der Waals surface area contributed by atoms with Crippen LogP contribution in [0.2, 0.25) is 0 Å². The minimum atomic E-state index is 0.207. The largest absolute Gasteiger partial charge is 0.494 e. The predicted molar refractivity (Wildman–Crippen MR) is 100 cm³/mol. The van der Waals surface area contributed by atoms with Crippen molar-refractivity contribution in [1.29, 1.82) is 0 Å². The van der Waals surface area contributed by atoms with Crippen molar-refractivity contribution < 1.29 is 4.74 Å². The quantitative estimate of drug-likeness (QED) is 0.711. The SMILES string of the molecule is CCOc1ccc(C2=Nn3c(nnc3-c3ccccc3)S[C@H]2C)cc1. The van der Waals surface area contributed by atoms with Gasteiger partial charge in [0.05, 0.1) is 17.6 Å². The first-order valence-corrected chi connectivity index (χ1v) is 9.14. The van der Waals surface area contributed by atoms with E-state index in [1.54, 1.807) is 11.8 Å². The molecule has 0 fully saturated rings. The predicted octanol–water partition coefficient (Wildman–Crippen LogP) is 4.09. The second-order valence-corrected chi connectivity index (χ2v) is 6.99. The standard InChI is InChI=1S/C19H18N4OS/c1-3-24-16-11-9-14(10-12-16)17-13(2)25-19-21-20-18(23(19)22-17)15-7-5-4-6-8-15/h4-13H,3H2,1-2H3/t13-/m0/s1. The first-order valence-electron chi connectivity index (χ1n) is 8.26. The molecule has 5 nitrogen and oxygen atoms in total. The molecule has 126 valence electrons. The molecule has 0 unspecified atom stereocenters. The molecule has 1 aliphatic rings. The normalized spacial score (nSPS) is 16.2. The van der Waals surface area contributed by atoms with Gasteiger partial charge in [-0.1, -0.05) is 42.1 Å². The maximum absolute atomic E-state index is 5.53. The third-order valence-electron chi connectivity index (χ3n) is 3.98. The summed E-state index contributed by atoms with van der Waals surface area (Å²) in [7, 11) is 0. The van der Waals surface area contributed by atoms with Gasteiger partial charge in [0.2, 0.25) is 5.16 Å². The second kappa shape index (κ2) is 6.72. The van der Waals surface area contributed by atoms with Gasteiger partial charge in [-0.05, 0) is 43.7 Å². The van der Waals surface area contributed by atoms with Crippen LogP contribution in [-0.2, 0) is 0 Å². The third-order valence-corrected chi connectivity index (χ3v) is 5.02. The van der Waals surface area contributed by atoms with Gasteiger partial charge < -0.3 is 4.74 Å². The van der Waals surface area contributed by atoms with E-state index in [1.165, 1.54) is 0 Å². The molecule has 0 bridgehead atoms. The number of aromatic nitrogens is 3. The van der Waals surface area contributed by atoms with E-state index in [0.717, 1.165) is 33.6 Å². The lowest BCUT2D eigenvalue weighted by atomic mass is 10.1. The Morgan fingerprint density at radius 1 is 1.00 bits per heavy atom. The van der Waals surface area contributed by atoms with E-state index in [0.29, 0.717) is 6.61 Å². The van der Waals surface area contributed by atoms with Crippen LogP contribution in [0.4, 0.5) is 0 Å². The summed E-state index contributed by atoms with van der Waals surface area (Å²) in [6.45, 7) is 4.79. The molecule has 0 radical (unpaired) electrons. The highest BCUT2D eigenvalue weighted by atomic mass is 32.2. The lowest BCUT2D eigenvalue weighted by Gasteiger charge is -2.20. The molecular weight excluding hydrogens is 332 g/mol. The van der Waals surface area contributed by atoms with Crippen molar-refractivity contribution in [2.75, 3.05) is 6.61 Å². The summed E-state index contributed by atoms with van der Waals surface area (Å²) in [4.78, 5) is 0. The second-order valence-electron chi connectivity index (χ2n) is 5.69. The number of fused-ring (bicyclic) bond motifs is 1. The van der Waals surface area contributed by atoms with Crippen LogP contribution in [0.25, 0.3) is 11.4 Å². The van der Waals surface area contributed by atoms with Gasteiger partial charge in [-0.3, -0.25) is 0 Å². The van der Waals surface area contributed by atoms with Gasteiger partial charge in [0.25, 0.3) is 0 Å². The molecule has 0 amide bonds. The van der Waals surface area contributed by atoms with Gasteiger partial charge >= 0.3 is 0 Å². The summed E-state index contributed by atoms with van der Waals surface area (Å²) < 4.78 is 7.36. The molecule has 1 aliphatic heterocycles. The zero-order chi connectivity index (χ0) is 17.2. The van der Waals surface area contributed by atoms with Crippen LogP contribution in [0.5, 0.6) is 5.75 Å². The Morgan fingerprint density at radius 3 is 2.48 bits per heavy atom. The lowest BCUT2D eigenvalue weighted by Crippen LogP contribution is -2.21. The fraction of sp³-hybridized carbons (Fsp3) is 0.211. The number of thioether (sulfide) groups is 1. The lowest BCUT2D eigenvalue weighted by molar-refractivity contribution is 0.340. The summed E-state index contributed by atoms with van der Waals surface area (Å²) in [6.07, 6.45) is 0. The van der Waals surface area contributed by atoms with Crippen molar-refractivity contribution in [1.82, 2.24) is 14.9 Å². The molecule has 1 aromatic heterocycles. The zero-order valence-electron chi connectivity index (χ0n) is 14.1. The van der Waals surface area contributed by atoms with Crippen LogP contribution >= 0.6 is 11.8 Å². The highest BCUT2D eigenvalue weighted by Crippen LogP contribution is 2.32. The van der Waals surface area contributed by atoms with E-state index < -0.39 is 0 Å². The van der Waals surface area contributed by atoms with E-state index in [-0.39, 0.29) is 5.25 Å². The van der Waals surface area contributed by atoms with Crippen LogP contribution in [0.15, 0.2) is 64.9 Å². The van der Waals surface area contributed by atoms with Gasteiger partial charge in [-0.2, -0.15) is 9.78 Å². The molecule has 6 heteroatoms. The summed E-state index contributed by atoms with van der Waals surface area (Å²) in [5.41, 5.74) is 3.10. The molecule has 2 heterocycles. The molecule has 0 N–H and O–H groups in total. The van der Waals surface area contributed by atoms with Gasteiger partial charge in [0.15, 0.2) is 5.82 Å². The van der Waals surface area contributed by atoms with E-state index in [9.17, 15) is 0 Å². The summed E-state index contributed by atoms with van der Waals surface area (Å²) in [5, 5.41) is 14.5. The van der Waals surface area contributed by atoms with Gasteiger partial charge in [0, 0.05) is 5.56 Å². The van der Waals surface area contributed by atoms with Gasteiger partial charge in [0.1, 0.15) is 5.75 Å². The number of hydrogen-bond acceptors (Lipinski definition) is 5. The van der Waals surface area contributed by atoms with Gasteiger partial charge in [-0.15, -0.1) is 10.2 Å². The average molecular weight is 350 g/mol. The topological polar surface area (TPSA) is 52.3 Å². The summed E-state index contributed by atoms with van der Waals surface area (Å²) >= 11 is 1.67. The highest BCUT2D eigenvalue weighted by molar-refractivity contribution is 8.00. The van der Waals surface area contributed by atoms with Crippen LogP contribution in [0.3, 0.4) is 0 Å². The van der Waals surface area contributed by atoms with E-state index >= 15 is 0 Å². The van der Waals surface area contributed by atoms with Crippen molar-refractivity contribution in [3.63, 3.8) is 0 Å². The maximum Gasteiger partial charge on any atom is 0.213 e. The Bertz CT molecular complexity index is 903. The van der Waals surface area contributed by atoms with Crippen LogP contribution < -0.4 is 4.74 Å². The fourth-order valence-corrected chi connectivity index (χ4v) is 3.71. The highest BCUT2D eigenvalue weighted by Gasteiger charge is 2.26. The molecule has 0 saturated heterocycles. The van der Waals surface area contributed by atoms with Crippen LogP contribution in [0.1, 0.15) is 19.4 Å². The molecule has 1 atom stereocenters. The molecule has 0 aliphatic carbocycles. The average Bonchev–Trinajstić information content (AvgIpc) is 3.05. The third kappa shape index (κ3) is 3.05. The molecular formula is C19H18N4OS. The Labute approximate surface area is 150 Å². The minimum absolute atomic E-state index is 0.207. The molecule has 0 spiro atoms. The summed E-state index contributed by atoms with van der Waals surface area (Å²) in [5.74, 6) is 1.64. The number of ether oxygens (including phenoxy) is 1. The number of rotatable bonds is 4. The Hall–Kier alpha value is -2.60. The first kappa shape index (κ1) is 15.9. The smallest absolute Gasteiger partial charge is 0.213 e. The first-order chi connectivity index (χ1) is 12.3. The molecule has 0 saturated carbocycles. The molecule has 25 heavy (non-hydrogen) atoms. The maximum atomic E-state index is 5.53. The van der Waals surface area contributed by atoms with Crippen molar-refractivity contribution in [2.24, 2.45) is 5.10 Å². The van der Waals surface area contributed by atoms with Crippen molar-refractivity contribution in [2.45, 2.75) is 24.3 Å². The number of hydrogen-bond donors (Lipinski definition) is 0. The Kier molecular flexibility index (Phi) is 4.28. The molecule has 4 rings (SSSR count). The number of benzene rings is 2. The fourth-order valence-electron chi connectivity index (χ4n) is 2.78. The van der Waals surface area contributed by atoms with Crippen molar-refractivity contribution in [3.8, 4) is 17.1 Å².